The van der Waals surface area contributed by atoms with Gasteiger partial charge in [0.25, 0.3) is 0 Å². The molecule has 0 aliphatic carbocycles. The van der Waals surface area contributed by atoms with E-state index in [-0.39, 0.29) is 11.4 Å². The summed E-state index contributed by atoms with van der Waals surface area (Å²) in [6, 6.07) is 1.72. The Hall–Kier alpha value is -1.46. The highest BCUT2D eigenvalue weighted by Gasteiger charge is 2.26. The highest BCUT2D eigenvalue weighted by atomic mass is 16.5. The predicted octanol–water partition coefficient (Wildman–Crippen LogP) is -0.907. The van der Waals surface area contributed by atoms with Gasteiger partial charge in [-0.15, -0.1) is 0 Å². The number of aliphatic hydroxyl groups is 1. The van der Waals surface area contributed by atoms with E-state index >= 15 is 0 Å². The maximum absolute atomic E-state index is 9.77. The number of fused-ring (bicyclic) bond motifs is 1. The third-order valence-electron chi connectivity index (χ3n) is 2.74. The van der Waals surface area contributed by atoms with Crippen LogP contribution in [0.1, 0.15) is 17.2 Å². The molecule has 5 nitrogen and oxygen atoms in total. The van der Waals surface area contributed by atoms with Gasteiger partial charge in [0, 0.05) is 11.1 Å². The van der Waals surface area contributed by atoms with Crippen LogP contribution in [-0.2, 0) is 6.54 Å². The molecular weight excluding hydrogens is 196 g/mol. The summed E-state index contributed by atoms with van der Waals surface area (Å²) >= 11 is 0. The van der Waals surface area contributed by atoms with Crippen LogP contribution >= 0.6 is 0 Å². The molecule has 15 heavy (non-hydrogen) atoms. The largest absolute Gasteiger partial charge is 0.503 e. The van der Waals surface area contributed by atoms with Crippen LogP contribution in [0.3, 0.4) is 0 Å². The zero-order valence-corrected chi connectivity index (χ0v) is 8.53. The number of anilines is 1. The fourth-order valence-corrected chi connectivity index (χ4v) is 1.97. The minimum Gasteiger partial charge on any atom is -0.503 e. The van der Waals surface area contributed by atoms with E-state index in [2.05, 4.69) is 0 Å². The average Bonchev–Trinajstić information content (AvgIpc) is 2.23. The van der Waals surface area contributed by atoms with Crippen molar-refractivity contribution in [3.05, 3.63) is 17.2 Å². The Morgan fingerprint density at radius 1 is 1.60 bits per heavy atom. The summed E-state index contributed by atoms with van der Waals surface area (Å²) < 4.78 is 5.00. The number of aliphatic hydroxyl groups excluding tert-OH is 1. The minimum atomic E-state index is -0.620. The van der Waals surface area contributed by atoms with E-state index in [1.165, 1.54) is 7.11 Å². The number of nitrogen functional groups attached to an aromatic ring is 1. The topological polar surface area (TPSA) is 92.3 Å². The lowest BCUT2D eigenvalue weighted by molar-refractivity contribution is -0.681. The number of methoxy groups -OCH3 is 1. The molecule has 1 aliphatic rings. The smallest absolute Gasteiger partial charge is 0.181 e. The highest BCUT2D eigenvalue weighted by molar-refractivity contribution is 5.67. The lowest BCUT2D eigenvalue weighted by Gasteiger charge is -2.23. The SMILES string of the molecule is COc1cc2c(c(N)c1O)[C@H](O)C[NH2+]C2. The number of benzene rings is 1. The summed E-state index contributed by atoms with van der Waals surface area (Å²) in [5.41, 5.74) is 7.55. The van der Waals surface area contributed by atoms with E-state index in [4.69, 9.17) is 10.5 Å². The fraction of sp³-hybridized carbons (Fsp3) is 0.400. The molecule has 1 atom stereocenters. The van der Waals surface area contributed by atoms with Crippen LogP contribution in [0.5, 0.6) is 11.5 Å². The van der Waals surface area contributed by atoms with E-state index < -0.39 is 6.10 Å². The Bertz CT molecular complexity index is 393. The first-order valence-electron chi connectivity index (χ1n) is 4.83. The molecule has 0 saturated heterocycles. The molecule has 2 rings (SSSR count). The summed E-state index contributed by atoms with van der Waals surface area (Å²) in [7, 11) is 1.48. The van der Waals surface area contributed by atoms with E-state index in [1.807, 2.05) is 5.32 Å². The summed E-state index contributed by atoms with van der Waals surface area (Å²) in [5, 5.41) is 21.5. The van der Waals surface area contributed by atoms with Gasteiger partial charge in [0.15, 0.2) is 11.5 Å². The maximum atomic E-state index is 9.77. The molecule has 0 radical (unpaired) electrons. The van der Waals surface area contributed by atoms with E-state index in [1.54, 1.807) is 6.07 Å². The van der Waals surface area contributed by atoms with Crippen molar-refractivity contribution in [2.45, 2.75) is 12.6 Å². The van der Waals surface area contributed by atoms with E-state index in [9.17, 15) is 10.2 Å². The van der Waals surface area contributed by atoms with Gasteiger partial charge < -0.3 is 26.0 Å². The quantitative estimate of drug-likeness (QED) is 0.357. The molecule has 0 saturated carbocycles. The number of phenols is 1. The van der Waals surface area contributed by atoms with Gasteiger partial charge in [-0.3, -0.25) is 0 Å². The molecule has 1 heterocycles. The van der Waals surface area contributed by atoms with Crippen molar-refractivity contribution in [3.8, 4) is 11.5 Å². The number of phenolic OH excluding ortho intramolecular Hbond substituents is 1. The Kier molecular flexibility index (Phi) is 2.42. The molecular formula is C10H15N2O3+. The number of hydrogen-bond donors (Lipinski definition) is 4. The standard InChI is InChI=1S/C10H14N2O3/c1-15-7-2-5-3-12-4-6(13)8(5)9(11)10(7)14/h2,6,12-14H,3-4,11H2,1H3/p+1/t6-/m1/s1. The first kappa shape index (κ1) is 10.1. The van der Waals surface area contributed by atoms with Gasteiger partial charge in [0.2, 0.25) is 0 Å². The highest BCUT2D eigenvalue weighted by Crippen LogP contribution is 2.40. The Morgan fingerprint density at radius 2 is 2.33 bits per heavy atom. The third-order valence-corrected chi connectivity index (χ3v) is 2.74. The van der Waals surface area contributed by atoms with Crippen molar-refractivity contribution in [3.63, 3.8) is 0 Å². The molecule has 82 valence electrons. The van der Waals surface area contributed by atoms with Crippen LogP contribution in [0.15, 0.2) is 6.07 Å². The van der Waals surface area contributed by atoms with Crippen LogP contribution in [-0.4, -0.2) is 23.9 Å². The maximum Gasteiger partial charge on any atom is 0.181 e. The van der Waals surface area contributed by atoms with Gasteiger partial charge in [-0.25, -0.2) is 0 Å². The summed E-state index contributed by atoms with van der Waals surface area (Å²) in [5.74, 6) is 0.269. The van der Waals surface area contributed by atoms with Crippen molar-refractivity contribution in [1.82, 2.24) is 0 Å². The van der Waals surface area contributed by atoms with Crippen LogP contribution in [0.4, 0.5) is 5.69 Å². The van der Waals surface area contributed by atoms with Crippen LogP contribution in [0.25, 0.3) is 0 Å². The number of ether oxygens (including phenoxy) is 1. The third kappa shape index (κ3) is 1.49. The summed E-state index contributed by atoms with van der Waals surface area (Å²) in [4.78, 5) is 0. The first-order valence-corrected chi connectivity index (χ1v) is 4.83. The number of rotatable bonds is 1. The number of aromatic hydroxyl groups is 1. The fourth-order valence-electron chi connectivity index (χ4n) is 1.97. The summed E-state index contributed by atoms with van der Waals surface area (Å²) in [6.45, 7) is 1.32. The van der Waals surface area contributed by atoms with E-state index in [0.717, 1.165) is 12.1 Å². The Balaban J connectivity index is 2.61. The van der Waals surface area contributed by atoms with Crippen molar-refractivity contribution < 1.29 is 20.3 Å². The molecule has 5 heteroatoms. The lowest BCUT2D eigenvalue weighted by Crippen LogP contribution is -2.85. The van der Waals surface area contributed by atoms with Gasteiger partial charge in [0.1, 0.15) is 19.2 Å². The molecule has 0 amide bonds. The zero-order valence-electron chi connectivity index (χ0n) is 8.53. The van der Waals surface area contributed by atoms with Gasteiger partial charge in [0.05, 0.1) is 12.8 Å². The van der Waals surface area contributed by atoms with E-state index in [0.29, 0.717) is 17.9 Å². The molecule has 6 N–H and O–H groups in total. The molecule has 1 aromatic carbocycles. The second kappa shape index (κ2) is 3.60. The van der Waals surface area contributed by atoms with Gasteiger partial charge in [-0.05, 0) is 6.07 Å². The molecule has 1 aliphatic heterocycles. The van der Waals surface area contributed by atoms with Crippen LogP contribution in [0.2, 0.25) is 0 Å². The predicted molar refractivity (Wildman–Crippen MR) is 54.5 cm³/mol. The van der Waals surface area contributed by atoms with Gasteiger partial charge in [-0.1, -0.05) is 0 Å². The Labute approximate surface area is 87.5 Å². The molecule has 1 aromatic rings. The van der Waals surface area contributed by atoms with Crippen molar-refractivity contribution in [1.29, 1.82) is 0 Å². The van der Waals surface area contributed by atoms with Gasteiger partial charge >= 0.3 is 0 Å². The molecule has 0 unspecified atom stereocenters. The van der Waals surface area contributed by atoms with Crippen LogP contribution in [0, 0.1) is 0 Å². The zero-order chi connectivity index (χ0) is 11.0. The van der Waals surface area contributed by atoms with Gasteiger partial charge in [-0.2, -0.15) is 0 Å². The normalized spacial score (nSPS) is 19.7. The van der Waals surface area contributed by atoms with Crippen molar-refractivity contribution in [2.75, 3.05) is 19.4 Å². The lowest BCUT2D eigenvalue weighted by atomic mass is 9.96. The molecule has 0 spiro atoms. The Morgan fingerprint density at radius 3 is 3.00 bits per heavy atom. The second-order valence-electron chi connectivity index (χ2n) is 3.66. The number of hydrogen-bond acceptors (Lipinski definition) is 4. The minimum absolute atomic E-state index is 0.0859. The molecule has 0 aromatic heterocycles. The molecule has 0 bridgehead atoms. The first-order chi connectivity index (χ1) is 7.15. The summed E-state index contributed by atoms with van der Waals surface area (Å²) in [6.07, 6.45) is -0.620. The second-order valence-corrected chi connectivity index (χ2v) is 3.66. The molecule has 0 fully saturated rings. The van der Waals surface area contributed by atoms with Crippen molar-refractivity contribution >= 4 is 5.69 Å². The number of nitrogens with two attached hydrogens (primary N) is 2. The average molecular weight is 211 g/mol. The van der Waals surface area contributed by atoms with Crippen molar-refractivity contribution in [2.24, 2.45) is 0 Å². The number of quaternary nitrogens is 1. The van der Waals surface area contributed by atoms with Crippen LogP contribution < -0.4 is 15.8 Å². The monoisotopic (exact) mass is 211 g/mol.